The molecule has 4 nitrogen and oxygen atoms in total. The van der Waals surface area contributed by atoms with Crippen molar-refractivity contribution in [2.24, 2.45) is 0 Å². The fourth-order valence-electron chi connectivity index (χ4n) is 1.84. The van der Waals surface area contributed by atoms with Gasteiger partial charge in [0.15, 0.2) is 0 Å². The third-order valence-electron chi connectivity index (χ3n) is 2.79. The van der Waals surface area contributed by atoms with Crippen molar-refractivity contribution in [2.75, 3.05) is 25.0 Å². The van der Waals surface area contributed by atoms with E-state index in [-0.39, 0.29) is 0 Å². The molecule has 5 heteroatoms. The van der Waals surface area contributed by atoms with Gasteiger partial charge < -0.3 is 10.2 Å². The molecule has 1 fully saturated rings. The van der Waals surface area contributed by atoms with Gasteiger partial charge in [0.25, 0.3) is 0 Å². The minimum Gasteiger partial charge on any atom is -0.341 e. The first-order chi connectivity index (χ1) is 7.29. The smallest absolute Gasteiger partial charge is 0.225 e. The third-order valence-corrected chi connectivity index (χ3v) is 3.35. The lowest BCUT2D eigenvalue weighted by atomic mass is 10.1. The number of halogens is 1. The van der Waals surface area contributed by atoms with E-state index in [1.807, 2.05) is 19.4 Å². The summed E-state index contributed by atoms with van der Waals surface area (Å²) in [6, 6.07) is 0.657. The van der Waals surface area contributed by atoms with E-state index in [0.29, 0.717) is 6.04 Å². The summed E-state index contributed by atoms with van der Waals surface area (Å²) in [5.74, 6) is 0.866. The molecule has 0 radical (unpaired) electrons. The van der Waals surface area contributed by atoms with Crippen LogP contribution in [0.3, 0.4) is 0 Å². The van der Waals surface area contributed by atoms with Crippen LogP contribution in [0.2, 0.25) is 0 Å². The SMILES string of the molecule is CNC1CCN(c2ncc(I)cn2)CC1. The van der Waals surface area contributed by atoms with Crippen molar-refractivity contribution in [2.45, 2.75) is 18.9 Å². The Labute approximate surface area is 104 Å². The lowest BCUT2D eigenvalue weighted by Gasteiger charge is -2.31. The van der Waals surface area contributed by atoms with Crippen molar-refractivity contribution in [1.29, 1.82) is 0 Å². The predicted molar refractivity (Wildman–Crippen MR) is 69.0 cm³/mol. The lowest BCUT2D eigenvalue weighted by Crippen LogP contribution is -2.41. The number of hydrogen-bond donors (Lipinski definition) is 1. The maximum Gasteiger partial charge on any atom is 0.225 e. The van der Waals surface area contributed by atoms with E-state index >= 15 is 0 Å². The fourth-order valence-corrected chi connectivity index (χ4v) is 2.12. The van der Waals surface area contributed by atoms with Gasteiger partial charge in [-0.15, -0.1) is 0 Å². The molecule has 15 heavy (non-hydrogen) atoms. The molecule has 0 bridgehead atoms. The van der Waals surface area contributed by atoms with Crippen molar-refractivity contribution in [3.63, 3.8) is 0 Å². The van der Waals surface area contributed by atoms with Crippen LogP contribution in [0.25, 0.3) is 0 Å². The lowest BCUT2D eigenvalue weighted by molar-refractivity contribution is 0.439. The van der Waals surface area contributed by atoms with E-state index in [4.69, 9.17) is 0 Å². The molecule has 1 aliphatic heterocycles. The minimum atomic E-state index is 0.657. The number of anilines is 1. The summed E-state index contributed by atoms with van der Waals surface area (Å²) in [6.07, 6.45) is 6.08. The van der Waals surface area contributed by atoms with Crippen LogP contribution in [0.4, 0.5) is 5.95 Å². The van der Waals surface area contributed by atoms with Crippen LogP contribution in [-0.4, -0.2) is 36.1 Å². The number of aromatic nitrogens is 2. The van der Waals surface area contributed by atoms with Crippen LogP contribution >= 0.6 is 22.6 Å². The summed E-state index contributed by atoms with van der Waals surface area (Å²) in [5.41, 5.74) is 0. The molecule has 2 heterocycles. The maximum atomic E-state index is 4.34. The van der Waals surface area contributed by atoms with Gasteiger partial charge in [0.05, 0.1) is 0 Å². The van der Waals surface area contributed by atoms with E-state index in [9.17, 15) is 0 Å². The minimum absolute atomic E-state index is 0.657. The molecule has 1 aromatic rings. The van der Waals surface area contributed by atoms with Crippen molar-refractivity contribution in [3.05, 3.63) is 16.0 Å². The van der Waals surface area contributed by atoms with Gasteiger partial charge in [-0.2, -0.15) is 0 Å². The van der Waals surface area contributed by atoms with Gasteiger partial charge in [0.2, 0.25) is 5.95 Å². The average Bonchev–Trinajstić information content (AvgIpc) is 2.30. The van der Waals surface area contributed by atoms with E-state index in [0.717, 1.165) is 22.6 Å². The van der Waals surface area contributed by atoms with Crippen molar-refractivity contribution in [1.82, 2.24) is 15.3 Å². The Morgan fingerprint density at radius 2 is 1.93 bits per heavy atom. The Morgan fingerprint density at radius 1 is 1.33 bits per heavy atom. The molecule has 0 aliphatic carbocycles. The fraction of sp³-hybridized carbons (Fsp3) is 0.600. The van der Waals surface area contributed by atoms with Gasteiger partial charge in [-0.3, -0.25) is 0 Å². The van der Waals surface area contributed by atoms with Gasteiger partial charge in [0.1, 0.15) is 0 Å². The molecule has 0 unspecified atom stereocenters. The van der Waals surface area contributed by atoms with Gasteiger partial charge in [-0.1, -0.05) is 0 Å². The van der Waals surface area contributed by atoms with Crippen LogP contribution in [-0.2, 0) is 0 Å². The number of hydrogen-bond acceptors (Lipinski definition) is 4. The van der Waals surface area contributed by atoms with Crippen LogP contribution in [0.5, 0.6) is 0 Å². The molecule has 1 aromatic heterocycles. The van der Waals surface area contributed by atoms with E-state index in [1.54, 1.807) is 0 Å². The number of rotatable bonds is 2. The largest absolute Gasteiger partial charge is 0.341 e. The summed E-state index contributed by atoms with van der Waals surface area (Å²) in [6.45, 7) is 2.10. The van der Waals surface area contributed by atoms with Crippen LogP contribution in [0.1, 0.15) is 12.8 Å². The van der Waals surface area contributed by atoms with E-state index < -0.39 is 0 Å². The molecular formula is C10H15IN4. The molecule has 82 valence electrons. The Hall–Kier alpha value is -0.430. The molecule has 1 saturated heterocycles. The summed E-state index contributed by atoms with van der Waals surface area (Å²) >= 11 is 2.22. The highest BCUT2D eigenvalue weighted by Crippen LogP contribution is 2.15. The van der Waals surface area contributed by atoms with Crippen molar-refractivity contribution >= 4 is 28.5 Å². The Balaban J connectivity index is 1.98. The molecule has 0 amide bonds. The zero-order valence-electron chi connectivity index (χ0n) is 8.78. The van der Waals surface area contributed by atoms with Gasteiger partial charge in [0, 0.05) is 35.1 Å². The Kier molecular flexibility index (Phi) is 3.74. The second kappa shape index (κ2) is 5.07. The second-order valence-electron chi connectivity index (χ2n) is 3.75. The van der Waals surface area contributed by atoms with Gasteiger partial charge in [-0.25, -0.2) is 9.97 Å². The first-order valence-electron chi connectivity index (χ1n) is 5.19. The molecule has 0 atom stereocenters. The van der Waals surface area contributed by atoms with Gasteiger partial charge >= 0.3 is 0 Å². The van der Waals surface area contributed by atoms with E-state index in [1.165, 1.54) is 12.8 Å². The molecule has 0 saturated carbocycles. The Morgan fingerprint density at radius 3 is 2.47 bits per heavy atom. The second-order valence-corrected chi connectivity index (χ2v) is 5.00. The van der Waals surface area contributed by atoms with E-state index in [2.05, 4.69) is 42.8 Å². The monoisotopic (exact) mass is 318 g/mol. The van der Waals surface area contributed by atoms with Crippen molar-refractivity contribution in [3.8, 4) is 0 Å². The van der Waals surface area contributed by atoms with Crippen LogP contribution in [0.15, 0.2) is 12.4 Å². The number of nitrogens with one attached hydrogen (secondary N) is 1. The topological polar surface area (TPSA) is 41.0 Å². The Bertz CT molecular complexity index is 306. The first kappa shape index (κ1) is 11.1. The standard InChI is InChI=1S/C10H15IN4/c1-12-9-2-4-15(5-3-9)10-13-6-8(11)7-14-10/h6-7,9,12H,2-5H2,1H3. The molecular weight excluding hydrogens is 303 g/mol. The highest BCUT2D eigenvalue weighted by molar-refractivity contribution is 14.1. The third kappa shape index (κ3) is 2.78. The number of nitrogens with zero attached hydrogens (tertiary/aromatic N) is 3. The highest BCUT2D eigenvalue weighted by atomic mass is 127. The summed E-state index contributed by atoms with van der Waals surface area (Å²) in [7, 11) is 2.03. The zero-order valence-corrected chi connectivity index (χ0v) is 10.9. The first-order valence-corrected chi connectivity index (χ1v) is 6.27. The summed E-state index contributed by atoms with van der Waals surface area (Å²) in [5, 5.41) is 3.32. The molecule has 2 rings (SSSR count). The predicted octanol–water partition coefficient (Wildman–Crippen LogP) is 1.27. The molecule has 0 spiro atoms. The van der Waals surface area contributed by atoms with Crippen LogP contribution in [0, 0.1) is 3.57 Å². The zero-order chi connectivity index (χ0) is 10.7. The summed E-state index contributed by atoms with van der Waals surface area (Å²) < 4.78 is 1.08. The normalized spacial score (nSPS) is 18.1. The summed E-state index contributed by atoms with van der Waals surface area (Å²) in [4.78, 5) is 10.9. The highest BCUT2D eigenvalue weighted by Gasteiger charge is 2.19. The maximum absolute atomic E-state index is 4.34. The number of piperidine rings is 1. The average molecular weight is 318 g/mol. The molecule has 1 N–H and O–H groups in total. The van der Waals surface area contributed by atoms with Gasteiger partial charge in [-0.05, 0) is 42.5 Å². The molecule has 1 aliphatic rings. The molecule has 0 aromatic carbocycles. The van der Waals surface area contributed by atoms with Crippen molar-refractivity contribution < 1.29 is 0 Å². The quantitative estimate of drug-likeness (QED) is 0.834. The van der Waals surface area contributed by atoms with Crippen LogP contribution < -0.4 is 10.2 Å².